The van der Waals surface area contributed by atoms with Crippen LogP contribution in [-0.2, 0) is 4.74 Å². The van der Waals surface area contributed by atoms with Gasteiger partial charge in [-0.2, -0.15) is 0 Å². The Morgan fingerprint density at radius 2 is 1.92 bits per heavy atom. The Bertz CT molecular complexity index is 878. The van der Waals surface area contributed by atoms with E-state index in [2.05, 4.69) is 0 Å². The van der Waals surface area contributed by atoms with Crippen LogP contribution in [0.4, 0.5) is 0 Å². The molecule has 2 aromatic rings. The van der Waals surface area contributed by atoms with Gasteiger partial charge in [-0.05, 0) is 19.1 Å². The summed E-state index contributed by atoms with van der Waals surface area (Å²) in [6, 6.07) is 4.57. The molecule has 124 valence electrons. The predicted molar refractivity (Wildman–Crippen MR) is 86.5 cm³/mol. The molecule has 2 heterocycles. The molecular formula is C18H16O6. The molecule has 1 atom stereocenters. The van der Waals surface area contributed by atoms with Gasteiger partial charge in [-0.25, -0.2) is 4.79 Å². The summed E-state index contributed by atoms with van der Waals surface area (Å²) in [4.78, 5) is 24.6. The summed E-state index contributed by atoms with van der Waals surface area (Å²) >= 11 is 0. The van der Waals surface area contributed by atoms with Gasteiger partial charge in [0.15, 0.2) is 11.5 Å². The quantitative estimate of drug-likeness (QED) is 0.803. The number of rotatable bonds is 4. The summed E-state index contributed by atoms with van der Waals surface area (Å²) in [7, 11) is 2.97. The molecule has 0 amide bonds. The number of hydrogen-bond donors (Lipinski definition) is 0. The Morgan fingerprint density at radius 3 is 2.54 bits per heavy atom. The highest BCUT2D eigenvalue weighted by Crippen LogP contribution is 2.42. The van der Waals surface area contributed by atoms with Crippen molar-refractivity contribution < 1.29 is 23.4 Å². The maximum atomic E-state index is 12.4. The maximum Gasteiger partial charge on any atom is 0.339 e. The second kappa shape index (κ2) is 6.23. The fourth-order valence-electron chi connectivity index (χ4n) is 2.65. The summed E-state index contributed by atoms with van der Waals surface area (Å²) in [5.74, 6) is 0.775. The molecule has 6 nitrogen and oxygen atoms in total. The summed E-state index contributed by atoms with van der Waals surface area (Å²) < 4.78 is 21.3. The van der Waals surface area contributed by atoms with Crippen molar-refractivity contribution in [2.75, 3.05) is 14.2 Å². The number of benzene rings is 1. The molecule has 1 unspecified atom stereocenters. The van der Waals surface area contributed by atoms with Crippen LogP contribution in [0.1, 0.15) is 40.3 Å². The Labute approximate surface area is 138 Å². The van der Waals surface area contributed by atoms with Crippen molar-refractivity contribution in [1.82, 2.24) is 0 Å². The second-order valence-corrected chi connectivity index (χ2v) is 5.18. The minimum absolute atomic E-state index is 0.235. The first kappa shape index (κ1) is 15.9. The van der Waals surface area contributed by atoms with Crippen molar-refractivity contribution in [2.45, 2.75) is 13.0 Å². The molecule has 0 fully saturated rings. The predicted octanol–water partition coefficient (Wildman–Crippen LogP) is 2.95. The van der Waals surface area contributed by atoms with Crippen LogP contribution in [0.3, 0.4) is 0 Å². The van der Waals surface area contributed by atoms with Crippen molar-refractivity contribution in [1.29, 1.82) is 0 Å². The number of cyclic esters (lactones) is 1. The van der Waals surface area contributed by atoms with E-state index in [1.54, 1.807) is 24.3 Å². The van der Waals surface area contributed by atoms with E-state index in [0.717, 1.165) is 0 Å². The van der Waals surface area contributed by atoms with Gasteiger partial charge in [0.1, 0.15) is 23.5 Å². The van der Waals surface area contributed by atoms with Crippen LogP contribution < -0.4 is 14.9 Å². The van der Waals surface area contributed by atoms with Gasteiger partial charge in [-0.1, -0.05) is 6.08 Å². The van der Waals surface area contributed by atoms with Crippen LogP contribution in [-0.4, -0.2) is 20.2 Å². The third-order valence-corrected chi connectivity index (χ3v) is 3.77. The average molecular weight is 328 g/mol. The standard InChI is InChI=1S/C18H16O6/c1-4-5-10-7-14(19)13(9-23-10)17-16-12(18(20)24-17)6-11(21-2)8-15(16)22-3/h4-9,17H,1-3H3/b5-4-. The summed E-state index contributed by atoms with van der Waals surface area (Å²) in [6.45, 7) is 1.82. The Morgan fingerprint density at radius 1 is 1.12 bits per heavy atom. The van der Waals surface area contributed by atoms with E-state index in [1.807, 2.05) is 6.92 Å². The van der Waals surface area contributed by atoms with Gasteiger partial charge in [0.05, 0.1) is 30.9 Å². The molecule has 1 aromatic heterocycles. The monoisotopic (exact) mass is 328 g/mol. The first-order valence-electron chi connectivity index (χ1n) is 7.31. The normalized spacial score (nSPS) is 16.1. The molecule has 0 radical (unpaired) electrons. The lowest BCUT2D eigenvalue weighted by Crippen LogP contribution is -2.14. The fraction of sp³-hybridized carbons (Fsp3) is 0.222. The highest BCUT2D eigenvalue weighted by Gasteiger charge is 2.37. The minimum Gasteiger partial charge on any atom is -0.497 e. The smallest absolute Gasteiger partial charge is 0.339 e. The third-order valence-electron chi connectivity index (χ3n) is 3.77. The Kier molecular flexibility index (Phi) is 4.12. The van der Waals surface area contributed by atoms with Gasteiger partial charge in [0.2, 0.25) is 0 Å². The molecule has 1 aliphatic heterocycles. The Hall–Kier alpha value is -3.02. The van der Waals surface area contributed by atoms with E-state index in [-0.39, 0.29) is 11.0 Å². The summed E-state index contributed by atoms with van der Waals surface area (Å²) in [5, 5.41) is 0. The first-order chi connectivity index (χ1) is 11.6. The lowest BCUT2D eigenvalue weighted by atomic mass is 9.98. The van der Waals surface area contributed by atoms with Crippen LogP contribution in [0.5, 0.6) is 11.5 Å². The van der Waals surface area contributed by atoms with Crippen LogP contribution in [0.2, 0.25) is 0 Å². The van der Waals surface area contributed by atoms with E-state index in [9.17, 15) is 9.59 Å². The number of carbonyl (C=O) groups excluding carboxylic acids is 1. The molecule has 0 N–H and O–H groups in total. The average Bonchev–Trinajstić information content (AvgIpc) is 2.91. The number of hydrogen-bond acceptors (Lipinski definition) is 6. The number of ether oxygens (including phenoxy) is 3. The molecule has 3 rings (SSSR count). The number of esters is 1. The maximum absolute atomic E-state index is 12.4. The fourth-order valence-corrected chi connectivity index (χ4v) is 2.65. The number of fused-ring (bicyclic) bond motifs is 1. The van der Waals surface area contributed by atoms with Crippen molar-refractivity contribution in [3.05, 3.63) is 63.2 Å². The summed E-state index contributed by atoms with van der Waals surface area (Å²) in [5.41, 5.74) is 0.763. The zero-order chi connectivity index (χ0) is 17.3. The van der Waals surface area contributed by atoms with E-state index in [0.29, 0.717) is 28.4 Å². The zero-order valence-corrected chi connectivity index (χ0v) is 13.5. The van der Waals surface area contributed by atoms with Gasteiger partial charge in [0, 0.05) is 12.1 Å². The highest BCUT2D eigenvalue weighted by atomic mass is 16.6. The molecular weight excluding hydrogens is 312 g/mol. The molecule has 0 saturated heterocycles. The van der Waals surface area contributed by atoms with Gasteiger partial charge in [-0.3, -0.25) is 4.79 Å². The number of allylic oxidation sites excluding steroid dienone is 1. The van der Waals surface area contributed by atoms with E-state index >= 15 is 0 Å². The van der Waals surface area contributed by atoms with Gasteiger partial charge >= 0.3 is 5.97 Å². The Balaban J connectivity index is 2.14. The topological polar surface area (TPSA) is 75.0 Å². The van der Waals surface area contributed by atoms with Gasteiger partial charge in [0.25, 0.3) is 0 Å². The SMILES string of the molecule is C/C=C\c1cc(=O)c(C2OC(=O)c3cc(OC)cc(OC)c32)co1. The molecule has 6 heteroatoms. The first-order valence-corrected chi connectivity index (χ1v) is 7.31. The molecule has 0 aliphatic carbocycles. The minimum atomic E-state index is -0.871. The lowest BCUT2D eigenvalue weighted by molar-refractivity contribution is 0.0450. The molecule has 1 aliphatic rings. The highest BCUT2D eigenvalue weighted by molar-refractivity contribution is 5.96. The number of methoxy groups -OCH3 is 2. The van der Waals surface area contributed by atoms with Crippen LogP contribution in [0, 0.1) is 0 Å². The zero-order valence-electron chi connectivity index (χ0n) is 13.5. The van der Waals surface area contributed by atoms with Crippen LogP contribution in [0.25, 0.3) is 6.08 Å². The van der Waals surface area contributed by atoms with E-state index in [1.165, 1.54) is 26.5 Å². The molecule has 0 spiro atoms. The molecule has 24 heavy (non-hydrogen) atoms. The van der Waals surface area contributed by atoms with Crippen molar-refractivity contribution >= 4 is 12.0 Å². The third kappa shape index (κ3) is 2.56. The van der Waals surface area contributed by atoms with Crippen LogP contribution >= 0.6 is 0 Å². The van der Waals surface area contributed by atoms with Crippen molar-refractivity contribution in [2.24, 2.45) is 0 Å². The largest absolute Gasteiger partial charge is 0.497 e. The molecule has 0 bridgehead atoms. The van der Waals surface area contributed by atoms with Gasteiger partial charge < -0.3 is 18.6 Å². The summed E-state index contributed by atoms with van der Waals surface area (Å²) in [6.07, 6.45) is 3.88. The van der Waals surface area contributed by atoms with Crippen molar-refractivity contribution in [3.8, 4) is 11.5 Å². The number of carbonyl (C=O) groups is 1. The second-order valence-electron chi connectivity index (χ2n) is 5.18. The van der Waals surface area contributed by atoms with Gasteiger partial charge in [-0.15, -0.1) is 0 Å². The molecule has 0 saturated carbocycles. The molecule has 1 aromatic carbocycles. The van der Waals surface area contributed by atoms with E-state index in [4.69, 9.17) is 18.6 Å². The van der Waals surface area contributed by atoms with E-state index < -0.39 is 12.1 Å². The van der Waals surface area contributed by atoms with Crippen LogP contribution in [0.15, 0.2) is 39.7 Å². The lowest BCUT2D eigenvalue weighted by Gasteiger charge is -2.13. The van der Waals surface area contributed by atoms with Crippen molar-refractivity contribution in [3.63, 3.8) is 0 Å².